The first-order valence-corrected chi connectivity index (χ1v) is 13.2. The van der Waals surface area contributed by atoms with E-state index in [2.05, 4.69) is 0 Å². The van der Waals surface area contributed by atoms with Gasteiger partial charge in [-0.15, -0.1) is 0 Å². The topological polar surface area (TPSA) is 91.1 Å². The molecule has 35 heavy (non-hydrogen) atoms. The van der Waals surface area contributed by atoms with Crippen molar-refractivity contribution in [1.82, 2.24) is 14.1 Å². The van der Waals surface area contributed by atoms with Crippen LogP contribution in [0.5, 0.6) is 0 Å². The summed E-state index contributed by atoms with van der Waals surface area (Å²) in [6.07, 6.45) is 2.98. The average molecular weight is 492 g/mol. The van der Waals surface area contributed by atoms with E-state index in [1.54, 1.807) is 46.2 Å². The van der Waals surface area contributed by atoms with Gasteiger partial charge >= 0.3 is 0 Å². The molecule has 3 aliphatic heterocycles. The smallest absolute Gasteiger partial charge is 0.254 e. The van der Waals surface area contributed by atoms with Gasteiger partial charge < -0.3 is 14.2 Å². The van der Waals surface area contributed by atoms with Crippen molar-refractivity contribution < 1.29 is 22.4 Å². The van der Waals surface area contributed by atoms with Gasteiger partial charge in [0.15, 0.2) is 0 Å². The molecule has 2 aromatic carbocycles. The van der Waals surface area contributed by atoms with Crippen molar-refractivity contribution in [2.24, 2.45) is 0 Å². The highest BCUT2D eigenvalue weighted by Crippen LogP contribution is 2.32. The molecule has 180 valence electrons. The highest BCUT2D eigenvalue weighted by atomic mass is 32.2. The summed E-state index contributed by atoms with van der Waals surface area (Å²) < 4.78 is 33.3. The molecule has 0 spiro atoms. The highest BCUT2D eigenvalue weighted by molar-refractivity contribution is 7.89. The summed E-state index contributed by atoms with van der Waals surface area (Å²) in [6, 6.07) is 15.2. The Morgan fingerprint density at radius 3 is 2.40 bits per heavy atom. The van der Waals surface area contributed by atoms with Crippen LogP contribution in [-0.2, 0) is 14.8 Å². The Balaban J connectivity index is 1.13. The number of likely N-dealkylation sites (tertiary alicyclic amines) is 1. The molecule has 2 amide bonds. The van der Waals surface area contributed by atoms with Crippen LogP contribution in [0.2, 0.25) is 0 Å². The van der Waals surface area contributed by atoms with E-state index in [9.17, 15) is 18.0 Å². The molecule has 1 aromatic heterocycles. The van der Waals surface area contributed by atoms with E-state index in [1.807, 2.05) is 18.2 Å². The molecule has 0 aliphatic carbocycles. The number of hydrogen-bond donors (Lipinski definition) is 0. The minimum atomic E-state index is -3.66. The molecule has 0 radical (unpaired) electrons. The molecular weight excluding hydrogens is 466 g/mol. The molecule has 3 aliphatic rings. The Bertz CT molecular complexity index is 1440. The maximum atomic E-state index is 13.4. The van der Waals surface area contributed by atoms with Crippen molar-refractivity contribution >= 4 is 32.8 Å². The largest absolute Gasteiger partial charge is 0.464 e. The van der Waals surface area contributed by atoms with Crippen LogP contribution in [0.3, 0.4) is 0 Å². The van der Waals surface area contributed by atoms with Crippen LogP contribution in [-0.4, -0.2) is 73.1 Å². The lowest BCUT2D eigenvalue weighted by Gasteiger charge is -2.29. The molecule has 1 saturated heterocycles. The number of hydrogen-bond acceptors (Lipinski definition) is 5. The number of amides is 2. The number of carbonyl (C=O) groups excluding carboxylic acids is 2. The molecule has 0 saturated carbocycles. The van der Waals surface area contributed by atoms with Crippen molar-refractivity contribution in [3.8, 4) is 0 Å². The van der Waals surface area contributed by atoms with Gasteiger partial charge in [0, 0.05) is 43.7 Å². The van der Waals surface area contributed by atoms with Crippen molar-refractivity contribution in [1.29, 1.82) is 0 Å². The Kier molecular flexibility index (Phi) is 5.26. The van der Waals surface area contributed by atoms with Crippen molar-refractivity contribution in [2.45, 2.75) is 23.8 Å². The van der Waals surface area contributed by atoms with E-state index in [1.165, 1.54) is 10.6 Å². The molecule has 9 heteroatoms. The Hall–Kier alpha value is -3.43. The molecule has 4 heterocycles. The lowest BCUT2D eigenvalue weighted by molar-refractivity contribution is -0.134. The normalized spacial score (nSPS) is 20.7. The summed E-state index contributed by atoms with van der Waals surface area (Å²) >= 11 is 0. The number of nitrogens with zero attached hydrogens (tertiary/aromatic N) is 3. The second-order valence-corrected chi connectivity index (χ2v) is 11.3. The van der Waals surface area contributed by atoms with Crippen LogP contribution in [0.15, 0.2) is 81.3 Å². The van der Waals surface area contributed by atoms with Crippen LogP contribution in [0.1, 0.15) is 23.2 Å². The van der Waals surface area contributed by atoms with E-state index in [4.69, 9.17) is 4.42 Å². The first kappa shape index (κ1) is 22.1. The molecule has 1 fully saturated rings. The van der Waals surface area contributed by atoms with Crippen LogP contribution in [0, 0.1) is 0 Å². The summed E-state index contributed by atoms with van der Waals surface area (Å²) in [4.78, 5) is 30.1. The lowest BCUT2D eigenvalue weighted by atomic mass is 10.1. The SMILES string of the molecule is O=C(C1CCCN1C(=O)c1ccccc1)N1CC2=C(C1)CN(S(=O)(=O)c1ccc3occc3c1)C2. The second-order valence-electron chi connectivity index (χ2n) is 9.32. The average Bonchev–Trinajstić information content (AvgIpc) is 3.66. The molecule has 0 N–H and O–H groups in total. The van der Waals surface area contributed by atoms with E-state index in [0.29, 0.717) is 37.2 Å². The zero-order valence-corrected chi connectivity index (χ0v) is 19.9. The second kappa shape index (κ2) is 8.35. The molecule has 8 nitrogen and oxygen atoms in total. The number of carbonyl (C=O) groups is 2. The maximum absolute atomic E-state index is 13.4. The zero-order valence-electron chi connectivity index (χ0n) is 19.1. The predicted octanol–water partition coefficient (Wildman–Crippen LogP) is 2.88. The minimum Gasteiger partial charge on any atom is -0.464 e. The third kappa shape index (κ3) is 3.75. The van der Waals surface area contributed by atoms with Gasteiger partial charge in [0.25, 0.3) is 5.91 Å². The first-order chi connectivity index (χ1) is 16.9. The number of rotatable bonds is 4. The van der Waals surface area contributed by atoms with Crippen molar-refractivity contribution in [2.75, 3.05) is 32.7 Å². The van der Waals surface area contributed by atoms with E-state index in [-0.39, 0.29) is 29.8 Å². The van der Waals surface area contributed by atoms with Crippen LogP contribution in [0.4, 0.5) is 0 Å². The summed E-state index contributed by atoms with van der Waals surface area (Å²) in [5, 5.41) is 0.744. The lowest BCUT2D eigenvalue weighted by Crippen LogP contribution is -2.48. The van der Waals surface area contributed by atoms with Gasteiger partial charge in [-0.25, -0.2) is 8.42 Å². The third-order valence-electron chi connectivity index (χ3n) is 7.19. The summed E-state index contributed by atoms with van der Waals surface area (Å²) in [5.74, 6) is -0.172. The van der Waals surface area contributed by atoms with Gasteiger partial charge in [-0.05, 0) is 60.4 Å². The quantitative estimate of drug-likeness (QED) is 0.524. The summed E-state index contributed by atoms with van der Waals surface area (Å²) in [6.45, 7) is 1.94. The molecule has 0 bridgehead atoms. The minimum absolute atomic E-state index is 0.0546. The Morgan fingerprint density at radius 2 is 1.66 bits per heavy atom. The van der Waals surface area contributed by atoms with Gasteiger partial charge in [-0.3, -0.25) is 9.59 Å². The first-order valence-electron chi connectivity index (χ1n) is 11.7. The third-order valence-corrected chi connectivity index (χ3v) is 8.98. The number of sulfonamides is 1. The van der Waals surface area contributed by atoms with Crippen LogP contribution >= 0.6 is 0 Å². The molecule has 6 rings (SSSR count). The fourth-order valence-corrected chi connectivity index (χ4v) is 6.82. The van der Waals surface area contributed by atoms with Gasteiger partial charge in [-0.1, -0.05) is 18.2 Å². The highest BCUT2D eigenvalue weighted by Gasteiger charge is 2.42. The van der Waals surface area contributed by atoms with Gasteiger partial charge in [-0.2, -0.15) is 4.31 Å². The van der Waals surface area contributed by atoms with Gasteiger partial charge in [0.1, 0.15) is 11.6 Å². The fraction of sp³-hybridized carbons (Fsp3) is 0.308. The number of benzene rings is 2. The fourth-order valence-electron chi connectivity index (χ4n) is 5.35. The molecule has 1 atom stereocenters. The molecule has 1 unspecified atom stereocenters. The number of fused-ring (bicyclic) bond motifs is 1. The zero-order chi connectivity index (χ0) is 24.2. The molecule has 3 aromatic rings. The number of furan rings is 1. The Morgan fingerprint density at radius 1 is 0.914 bits per heavy atom. The van der Waals surface area contributed by atoms with Crippen molar-refractivity contribution in [3.63, 3.8) is 0 Å². The summed E-state index contributed by atoms with van der Waals surface area (Å²) in [5.41, 5.74) is 3.19. The maximum Gasteiger partial charge on any atom is 0.254 e. The van der Waals surface area contributed by atoms with Gasteiger partial charge in [0.05, 0.1) is 11.2 Å². The van der Waals surface area contributed by atoms with E-state index < -0.39 is 16.1 Å². The van der Waals surface area contributed by atoms with E-state index >= 15 is 0 Å². The van der Waals surface area contributed by atoms with Gasteiger partial charge in [0.2, 0.25) is 15.9 Å². The Labute approximate surface area is 203 Å². The van der Waals surface area contributed by atoms with E-state index in [0.717, 1.165) is 23.0 Å². The molecular formula is C26H25N3O5S. The standard InChI is InChI=1S/C26H25N3O5S/c30-25(18-5-2-1-3-6-18)29-11-4-7-23(29)26(31)27-14-20-16-28(17-21(20)15-27)35(32,33)22-8-9-24-19(13-22)10-12-34-24/h1-3,5-6,8-10,12-13,23H,4,7,11,14-17H2. The monoisotopic (exact) mass is 491 g/mol. The van der Waals surface area contributed by atoms with Crippen LogP contribution in [0.25, 0.3) is 11.0 Å². The predicted molar refractivity (Wildman–Crippen MR) is 129 cm³/mol. The van der Waals surface area contributed by atoms with Crippen molar-refractivity contribution in [3.05, 3.63) is 77.6 Å². The van der Waals surface area contributed by atoms with Crippen LogP contribution < -0.4 is 0 Å². The summed E-state index contributed by atoms with van der Waals surface area (Å²) in [7, 11) is -3.66.